The van der Waals surface area contributed by atoms with Crippen LogP contribution in [0.1, 0.15) is 11.1 Å². The summed E-state index contributed by atoms with van der Waals surface area (Å²) in [4.78, 5) is 17.0. The first-order valence-corrected chi connectivity index (χ1v) is 7.51. The highest BCUT2D eigenvalue weighted by Gasteiger charge is 2.12. The first kappa shape index (κ1) is 14.3. The van der Waals surface area contributed by atoms with Crippen LogP contribution in [0.15, 0.2) is 49.1 Å². The smallest absolute Gasteiger partial charge is 0.187 e. The largest absolute Gasteiger partial charge is 0.383 e. The Morgan fingerprint density at radius 2 is 2.08 bits per heavy atom. The van der Waals surface area contributed by atoms with Gasteiger partial charge in [0.1, 0.15) is 11.5 Å². The van der Waals surface area contributed by atoms with Crippen molar-refractivity contribution >= 4 is 16.9 Å². The van der Waals surface area contributed by atoms with Gasteiger partial charge in [-0.2, -0.15) is 5.10 Å². The van der Waals surface area contributed by atoms with E-state index in [2.05, 4.69) is 50.2 Å². The third-order valence-electron chi connectivity index (χ3n) is 3.68. The van der Waals surface area contributed by atoms with E-state index in [1.165, 1.54) is 11.1 Å². The molecule has 0 spiro atoms. The van der Waals surface area contributed by atoms with Crippen LogP contribution >= 0.6 is 0 Å². The molecular weight excluding hydrogens is 302 g/mol. The van der Waals surface area contributed by atoms with Crippen LogP contribution in [0, 0.1) is 6.92 Å². The summed E-state index contributed by atoms with van der Waals surface area (Å²) < 4.78 is 1.82. The Morgan fingerprint density at radius 3 is 2.88 bits per heavy atom. The van der Waals surface area contributed by atoms with Gasteiger partial charge in [-0.1, -0.05) is 29.8 Å². The maximum absolute atomic E-state index is 6.07. The molecule has 1 aromatic carbocycles. The number of anilines is 1. The van der Waals surface area contributed by atoms with E-state index in [9.17, 15) is 0 Å². The molecule has 0 saturated heterocycles. The summed E-state index contributed by atoms with van der Waals surface area (Å²) in [5.41, 5.74) is 9.58. The van der Waals surface area contributed by atoms with Gasteiger partial charge in [0.25, 0.3) is 0 Å². The summed E-state index contributed by atoms with van der Waals surface area (Å²) in [6, 6.07) is 8.31. The van der Waals surface area contributed by atoms with Crippen LogP contribution in [-0.2, 0) is 6.54 Å². The number of nitrogen functional groups attached to an aromatic ring is 1. The molecule has 4 rings (SSSR count). The predicted molar refractivity (Wildman–Crippen MR) is 91.0 cm³/mol. The summed E-state index contributed by atoms with van der Waals surface area (Å²) in [6.45, 7) is 2.72. The third-order valence-corrected chi connectivity index (χ3v) is 3.68. The number of aromatic nitrogens is 6. The number of hydrogen-bond acceptors (Lipinski definition) is 6. The normalized spacial score (nSPS) is 11.0. The van der Waals surface area contributed by atoms with Crippen molar-refractivity contribution in [3.05, 3.63) is 60.2 Å². The Hall–Kier alpha value is -3.35. The lowest BCUT2D eigenvalue weighted by molar-refractivity contribution is 0.693. The third kappa shape index (κ3) is 2.67. The van der Waals surface area contributed by atoms with Crippen molar-refractivity contribution in [2.45, 2.75) is 13.5 Å². The van der Waals surface area contributed by atoms with E-state index in [0.717, 1.165) is 5.39 Å². The minimum atomic E-state index is 0.385. The molecule has 4 aromatic rings. The van der Waals surface area contributed by atoms with Crippen molar-refractivity contribution in [2.75, 3.05) is 5.73 Å². The van der Waals surface area contributed by atoms with Gasteiger partial charge in [0.05, 0.1) is 18.1 Å². The van der Waals surface area contributed by atoms with Gasteiger partial charge in [-0.15, -0.1) is 0 Å². The molecule has 2 N–H and O–H groups in total. The number of nitrogens with two attached hydrogens (primary N) is 1. The quantitative estimate of drug-likeness (QED) is 0.622. The van der Waals surface area contributed by atoms with Crippen molar-refractivity contribution in [1.29, 1.82) is 0 Å². The topological polar surface area (TPSA) is 95.4 Å². The van der Waals surface area contributed by atoms with Crippen LogP contribution < -0.4 is 5.73 Å². The molecule has 0 aliphatic heterocycles. The molecular formula is C17H15N7. The molecule has 0 amide bonds. The van der Waals surface area contributed by atoms with E-state index < -0.39 is 0 Å². The SMILES string of the molecule is Cc1cccc(Cn2cc3c(N)nc(-c4cnccn4)nc3n2)c1. The zero-order valence-corrected chi connectivity index (χ0v) is 13.1. The highest BCUT2D eigenvalue weighted by atomic mass is 15.3. The molecule has 3 heterocycles. The van der Waals surface area contributed by atoms with Crippen LogP contribution in [0.2, 0.25) is 0 Å². The van der Waals surface area contributed by atoms with Crippen LogP contribution in [0.3, 0.4) is 0 Å². The molecule has 118 valence electrons. The molecule has 3 aromatic heterocycles. The summed E-state index contributed by atoms with van der Waals surface area (Å²) in [7, 11) is 0. The number of benzene rings is 1. The molecule has 24 heavy (non-hydrogen) atoms. The fraction of sp³-hybridized carbons (Fsp3) is 0.118. The predicted octanol–water partition coefficient (Wildman–Crippen LogP) is 2.22. The van der Waals surface area contributed by atoms with Gasteiger partial charge in [-0.05, 0) is 12.5 Å². The Morgan fingerprint density at radius 1 is 1.17 bits per heavy atom. The Kier molecular flexibility index (Phi) is 3.38. The summed E-state index contributed by atoms with van der Waals surface area (Å²) in [5, 5.41) is 5.25. The van der Waals surface area contributed by atoms with Crippen LogP contribution in [0.4, 0.5) is 5.82 Å². The maximum Gasteiger partial charge on any atom is 0.187 e. The Balaban J connectivity index is 1.74. The minimum absolute atomic E-state index is 0.385. The lowest BCUT2D eigenvalue weighted by atomic mass is 10.1. The van der Waals surface area contributed by atoms with Crippen molar-refractivity contribution < 1.29 is 0 Å². The van der Waals surface area contributed by atoms with E-state index in [-0.39, 0.29) is 0 Å². The number of aryl methyl sites for hydroxylation is 1. The molecule has 0 saturated carbocycles. The standard InChI is InChI=1S/C17H15N7/c1-11-3-2-4-12(7-11)9-24-10-13-15(18)21-17(22-16(13)23-24)14-8-19-5-6-20-14/h2-8,10H,9H2,1H3,(H2,18,21,22,23). The minimum Gasteiger partial charge on any atom is -0.383 e. The van der Waals surface area contributed by atoms with Crippen molar-refractivity contribution in [3.63, 3.8) is 0 Å². The molecule has 7 heteroatoms. The Labute approximate surface area is 138 Å². The van der Waals surface area contributed by atoms with E-state index >= 15 is 0 Å². The summed E-state index contributed by atoms with van der Waals surface area (Å²) in [5.74, 6) is 0.810. The van der Waals surface area contributed by atoms with Crippen LogP contribution in [0.25, 0.3) is 22.6 Å². The molecule has 0 atom stereocenters. The van der Waals surface area contributed by atoms with Gasteiger partial charge in [0.15, 0.2) is 11.5 Å². The number of rotatable bonds is 3. The molecule has 0 radical (unpaired) electrons. The highest BCUT2D eigenvalue weighted by Crippen LogP contribution is 2.21. The zero-order valence-electron chi connectivity index (χ0n) is 13.1. The number of hydrogen-bond donors (Lipinski definition) is 1. The van der Waals surface area contributed by atoms with Gasteiger partial charge >= 0.3 is 0 Å². The van der Waals surface area contributed by atoms with E-state index in [1.54, 1.807) is 18.6 Å². The number of nitrogens with zero attached hydrogens (tertiary/aromatic N) is 6. The molecule has 0 unspecified atom stereocenters. The van der Waals surface area contributed by atoms with E-state index in [4.69, 9.17) is 5.73 Å². The second kappa shape index (κ2) is 5.69. The Bertz CT molecular complexity index is 1010. The van der Waals surface area contributed by atoms with E-state index in [1.807, 2.05) is 16.9 Å². The fourth-order valence-corrected chi connectivity index (χ4v) is 2.58. The first-order chi connectivity index (χ1) is 11.7. The average molecular weight is 317 g/mol. The van der Waals surface area contributed by atoms with Gasteiger partial charge < -0.3 is 5.73 Å². The summed E-state index contributed by atoms with van der Waals surface area (Å²) >= 11 is 0. The highest BCUT2D eigenvalue weighted by molar-refractivity contribution is 5.86. The number of fused-ring (bicyclic) bond motifs is 1. The second-order valence-electron chi connectivity index (χ2n) is 5.58. The van der Waals surface area contributed by atoms with Crippen molar-refractivity contribution in [3.8, 4) is 11.5 Å². The fourth-order valence-electron chi connectivity index (χ4n) is 2.58. The van der Waals surface area contributed by atoms with Gasteiger partial charge in [0, 0.05) is 18.6 Å². The molecule has 0 aliphatic carbocycles. The van der Waals surface area contributed by atoms with Crippen molar-refractivity contribution in [2.24, 2.45) is 0 Å². The molecule has 0 bridgehead atoms. The van der Waals surface area contributed by atoms with E-state index in [0.29, 0.717) is 29.5 Å². The maximum atomic E-state index is 6.07. The lowest BCUT2D eigenvalue weighted by Crippen LogP contribution is -2.00. The van der Waals surface area contributed by atoms with Crippen molar-refractivity contribution in [1.82, 2.24) is 29.7 Å². The van der Waals surface area contributed by atoms with Gasteiger partial charge in [-0.25, -0.2) is 15.0 Å². The van der Waals surface area contributed by atoms with Gasteiger partial charge in [0.2, 0.25) is 0 Å². The summed E-state index contributed by atoms with van der Waals surface area (Å²) in [6.07, 6.45) is 6.66. The second-order valence-corrected chi connectivity index (χ2v) is 5.58. The molecule has 0 fully saturated rings. The monoisotopic (exact) mass is 317 g/mol. The lowest BCUT2D eigenvalue weighted by Gasteiger charge is -2.02. The average Bonchev–Trinajstić information content (AvgIpc) is 2.99. The van der Waals surface area contributed by atoms with Crippen LogP contribution in [-0.4, -0.2) is 29.7 Å². The molecule has 7 nitrogen and oxygen atoms in total. The van der Waals surface area contributed by atoms with Crippen LogP contribution in [0.5, 0.6) is 0 Å². The zero-order chi connectivity index (χ0) is 16.5. The van der Waals surface area contributed by atoms with Gasteiger partial charge in [-0.3, -0.25) is 9.67 Å². The molecule has 0 aliphatic rings. The first-order valence-electron chi connectivity index (χ1n) is 7.51.